The van der Waals surface area contributed by atoms with Crippen LogP contribution in [0.5, 0.6) is 5.75 Å². The molecule has 0 aliphatic rings. The van der Waals surface area contributed by atoms with Crippen molar-refractivity contribution in [3.63, 3.8) is 0 Å². The molecule has 1 atom stereocenters. The topological polar surface area (TPSA) is 58.0 Å². The van der Waals surface area contributed by atoms with Gasteiger partial charge in [0.25, 0.3) is 0 Å². The maximum Gasteiger partial charge on any atom is 0.147 e. The van der Waals surface area contributed by atoms with Gasteiger partial charge in [-0.15, -0.1) is 0 Å². The summed E-state index contributed by atoms with van der Waals surface area (Å²) in [4.78, 5) is 9.08. The van der Waals surface area contributed by atoms with Gasteiger partial charge in [0.1, 0.15) is 17.1 Å². The molecule has 3 heterocycles. The third kappa shape index (κ3) is 3.13. The van der Waals surface area contributed by atoms with Crippen molar-refractivity contribution in [2.24, 2.45) is 0 Å². The molecule has 130 valence electrons. The summed E-state index contributed by atoms with van der Waals surface area (Å²) in [6, 6.07) is 15.6. The van der Waals surface area contributed by atoms with Gasteiger partial charge >= 0.3 is 0 Å². The van der Waals surface area contributed by atoms with Crippen LogP contribution in [0.25, 0.3) is 10.9 Å². The monoisotopic (exact) mass is 361 g/mol. The Balaban J connectivity index is 1.84. The second kappa shape index (κ2) is 6.77. The third-order valence-electron chi connectivity index (χ3n) is 4.37. The lowest BCUT2D eigenvalue weighted by Gasteiger charge is -2.21. The predicted octanol–water partition coefficient (Wildman–Crippen LogP) is 5.22. The van der Waals surface area contributed by atoms with Crippen molar-refractivity contribution in [2.45, 2.75) is 19.9 Å². The number of nitrogens with one attached hydrogen (secondary N) is 1. The quantitative estimate of drug-likeness (QED) is 0.523. The largest absolute Gasteiger partial charge is 0.505 e. The van der Waals surface area contributed by atoms with Crippen LogP contribution in [0.3, 0.4) is 0 Å². The van der Waals surface area contributed by atoms with Crippen molar-refractivity contribution in [3.05, 3.63) is 81.8 Å². The number of pyridine rings is 2. The first kappa shape index (κ1) is 16.5. The Labute approximate surface area is 156 Å². The van der Waals surface area contributed by atoms with Gasteiger partial charge in [-0.3, -0.25) is 0 Å². The number of nitrogens with zero attached hydrogens (tertiary/aromatic N) is 2. The van der Waals surface area contributed by atoms with E-state index in [1.54, 1.807) is 11.3 Å². The lowest BCUT2D eigenvalue weighted by atomic mass is 9.98. The molecule has 0 bridgehead atoms. The van der Waals surface area contributed by atoms with Crippen LogP contribution in [0, 0.1) is 13.8 Å². The number of aromatic hydroxyl groups is 1. The van der Waals surface area contributed by atoms with Crippen LogP contribution in [-0.2, 0) is 0 Å². The maximum absolute atomic E-state index is 11.0. The molecule has 4 aromatic rings. The number of rotatable bonds is 4. The smallest absolute Gasteiger partial charge is 0.147 e. The summed E-state index contributed by atoms with van der Waals surface area (Å²) in [5.74, 6) is 0.987. The van der Waals surface area contributed by atoms with E-state index in [-0.39, 0.29) is 11.8 Å². The summed E-state index contributed by atoms with van der Waals surface area (Å²) in [5, 5.41) is 19.5. The highest BCUT2D eigenvalue weighted by atomic mass is 32.1. The number of aryl methyl sites for hydroxylation is 2. The maximum atomic E-state index is 11.0. The fraction of sp³-hybridized carbons (Fsp3) is 0.143. The minimum atomic E-state index is -0.206. The lowest BCUT2D eigenvalue weighted by Crippen LogP contribution is -2.13. The molecule has 5 heteroatoms. The number of phenolic OH excluding ortho intramolecular Hbond substituents is 1. The molecule has 0 radical (unpaired) electrons. The number of phenols is 1. The van der Waals surface area contributed by atoms with E-state index in [9.17, 15) is 5.11 Å². The number of aromatic nitrogens is 2. The highest BCUT2D eigenvalue weighted by molar-refractivity contribution is 7.08. The molecule has 1 aromatic carbocycles. The summed E-state index contributed by atoms with van der Waals surface area (Å²) in [6.07, 6.45) is 0. The molecule has 26 heavy (non-hydrogen) atoms. The van der Waals surface area contributed by atoms with Crippen molar-refractivity contribution >= 4 is 28.1 Å². The fourth-order valence-electron chi connectivity index (χ4n) is 3.07. The molecule has 0 unspecified atom stereocenters. The first-order valence-electron chi connectivity index (χ1n) is 8.43. The van der Waals surface area contributed by atoms with E-state index in [1.807, 2.05) is 61.7 Å². The minimum absolute atomic E-state index is 0.206. The molecule has 0 spiro atoms. The predicted molar refractivity (Wildman–Crippen MR) is 107 cm³/mol. The van der Waals surface area contributed by atoms with E-state index < -0.39 is 0 Å². The van der Waals surface area contributed by atoms with Crippen molar-refractivity contribution in [2.75, 3.05) is 5.32 Å². The Morgan fingerprint density at radius 1 is 0.962 bits per heavy atom. The Kier molecular flexibility index (Phi) is 4.31. The van der Waals surface area contributed by atoms with Crippen molar-refractivity contribution < 1.29 is 5.11 Å². The van der Waals surface area contributed by atoms with E-state index in [2.05, 4.69) is 26.7 Å². The van der Waals surface area contributed by atoms with Crippen LogP contribution in [0.1, 0.15) is 28.6 Å². The summed E-state index contributed by atoms with van der Waals surface area (Å²) in [6.45, 7) is 3.89. The van der Waals surface area contributed by atoms with Crippen molar-refractivity contribution in [1.29, 1.82) is 0 Å². The molecule has 0 saturated heterocycles. The lowest BCUT2D eigenvalue weighted by molar-refractivity contribution is 0.471. The number of fused-ring (bicyclic) bond motifs is 1. The van der Waals surface area contributed by atoms with E-state index >= 15 is 0 Å². The van der Waals surface area contributed by atoms with Gasteiger partial charge in [0, 0.05) is 22.3 Å². The molecule has 0 aliphatic heterocycles. The summed E-state index contributed by atoms with van der Waals surface area (Å²) in [7, 11) is 0. The highest BCUT2D eigenvalue weighted by Crippen LogP contribution is 2.37. The summed E-state index contributed by atoms with van der Waals surface area (Å²) >= 11 is 1.63. The van der Waals surface area contributed by atoms with Gasteiger partial charge in [-0.25, -0.2) is 9.97 Å². The zero-order valence-electron chi connectivity index (χ0n) is 14.6. The standard InChI is InChI=1S/C21H19N3OS/c1-13-4-3-5-18(22-13)24-19(16-10-11-26-12-16)17-9-8-15-7-6-14(2)23-20(15)21(17)25/h3-12,19,25H,1-2H3,(H,22,24)/t19-/m1/s1. The molecule has 0 saturated carbocycles. The van der Waals surface area contributed by atoms with Crippen LogP contribution in [0.4, 0.5) is 5.82 Å². The normalized spacial score (nSPS) is 12.2. The number of hydrogen-bond donors (Lipinski definition) is 2. The number of thiophene rings is 1. The van der Waals surface area contributed by atoms with Crippen LogP contribution in [0.15, 0.2) is 59.3 Å². The molecule has 0 aliphatic carbocycles. The first-order chi connectivity index (χ1) is 12.6. The number of benzene rings is 1. The molecular weight excluding hydrogens is 342 g/mol. The zero-order chi connectivity index (χ0) is 18.1. The van der Waals surface area contributed by atoms with Gasteiger partial charge in [0.15, 0.2) is 0 Å². The second-order valence-corrected chi connectivity index (χ2v) is 7.11. The second-order valence-electron chi connectivity index (χ2n) is 6.33. The van der Waals surface area contributed by atoms with Gasteiger partial charge in [0.05, 0.1) is 6.04 Å². The third-order valence-corrected chi connectivity index (χ3v) is 5.08. The summed E-state index contributed by atoms with van der Waals surface area (Å²) < 4.78 is 0. The average molecular weight is 361 g/mol. The molecule has 2 N–H and O–H groups in total. The molecular formula is C21H19N3OS. The molecule has 4 rings (SSSR count). The molecule has 0 amide bonds. The fourth-order valence-corrected chi connectivity index (χ4v) is 3.76. The number of hydrogen-bond acceptors (Lipinski definition) is 5. The SMILES string of the molecule is Cc1cccc(N[C@H](c2ccsc2)c2ccc3ccc(C)nc3c2O)n1. The van der Waals surface area contributed by atoms with Crippen LogP contribution in [0.2, 0.25) is 0 Å². The summed E-state index contributed by atoms with van der Waals surface area (Å²) in [5.41, 5.74) is 4.32. The van der Waals surface area contributed by atoms with Gasteiger partial charge in [-0.05, 0) is 54.4 Å². The molecule has 3 aromatic heterocycles. The van der Waals surface area contributed by atoms with E-state index in [4.69, 9.17) is 0 Å². The average Bonchev–Trinajstić information content (AvgIpc) is 3.15. The van der Waals surface area contributed by atoms with Crippen molar-refractivity contribution in [3.8, 4) is 5.75 Å². The first-order valence-corrected chi connectivity index (χ1v) is 9.37. The molecule has 0 fully saturated rings. The van der Waals surface area contributed by atoms with Crippen LogP contribution >= 0.6 is 11.3 Å². The van der Waals surface area contributed by atoms with E-state index in [0.717, 1.165) is 33.7 Å². The Morgan fingerprint density at radius 2 is 1.77 bits per heavy atom. The Bertz CT molecular complexity index is 1060. The highest BCUT2D eigenvalue weighted by Gasteiger charge is 2.21. The van der Waals surface area contributed by atoms with Gasteiger partial charge in [-0.2, -0.15) is 11.3 Å². The van der Waals surface area contributed by atoms with Crippen molar-refractivity contribution in [1.82, 2.24) is 9.97 Å². The Morgan fingerprint density at radius 3 is 2.54 bits per heavy atom. The Hall–Kier alpha value is -2.92. The molecule has 4 nitrogen and oxygen atoms in total. The van der Waals surface area contributed by atoms with Gasteiger partial charge < -0.3 is 10.4 Å². The minimum Gasteiger partial charge on any atom is -0.505 e. The van der Waals surface area contributed by atoms with Gasteiger partial charge in [-0.1, -0.05) is 24.3 Å². The van der Waals surface area contributed by atoms with E-state index in [1.165, 1.54) is 0 Å². The zero-order valence-corrected chi connectivity index (χ0v) is 15.4. The van der Waals surface area contributed by atoms with Crippen LogP contribution < -0.4 is 5.32 Å². The van der Waals surface area contributed by atoms with Crippen LogP contribution in [-0.4, -0.2) is 15.1 Å². The van der Waals surface area contributed by atoms with Gasteiger partial charge in [0.2, 0.25) is 0 Å². The number of anilines is 1. The van der Waals surface area contributed by atoms with E-state index in [0.29, 0.717) is 5.52 Å².